The summed E-state index contributed by atoms with van der Waals surface area (Å²) in [6.45, 7) is 13.7. The highest BCUT2D eigenvalue weighted by molar-refractivity contribution is 6.35. The van der Waals surface area contributed by atoms with Crippen LogP contribution in [0.1, 0.15) is 83.4 Å². The average Bonchev–Trinajstić information content (AvgIpc) is 3.92. The molecule has 0 saturated carbocycles. The number of aromatic nitrogens is 3. The predicted octanol–water partition coefficient (Wildman–Crippen LogP) is 8.03. The number of aryl methyl sites for hydroxylation is 3. The van der Waals surface area contributed by atoms with Gasteiger partial charge in [0.05, 0.1) is 35.4 Å². The summed E-state index contributed by atoms with van der Waals surface area (Å²) in [6.07, 6.45) is 2.05. The molecule has 2 saturated heterocycles. The molecule has 1 atom stereocenters. The normalized spacial score (nSPS) is 16.6. The number of piperazine rings is 1. The highest BCUT2D eigenvalue weighted by Gasteiger charge is 2.37. The molecule has 3 aliphatic heterocycles. The first kappa shape index (κ1) is 47.6. The molecule has 0 radical (unpaired) electrons. The number of piperidine rings is 1. The van der Waals surface area contributed by atoms with Crippen LogP contribution in [0, 0.1) is 19.7 Å². The van der Waals surface area contributed by atoms with Gasteiger partial charge in [-0.2, -0.15) is 5.10 Å². The lowest BCUT2D eigenvalue weighted by Crippen LogP contribution is -2.50. The van der Waals surface area contributed by atoms with Gasteiger partial charge in [0.2, 0.25) is 5.91 Å². The number of hydrogen-bond acceptors (Lipinski definition) is 9. The molecule has 2 fully saturated rings. The number of benzene rings is 4. The molecule has 16 heteroatoms. The van der Waals surface area contributed by atoms with Crippen LogP contribution in [0.3, 0.4) is 0 Å². The van der Waals surface area contributed by atoms with Crippen molar-refractivity contribution in [2.75, 3.05) is 52.5 Å². The van der Waals surface area contributed by atoms with Crippen LogP contribution in [0.15, 0.2) is 66.7 Å². The van der Waals surface area contributed by atoms with Gasteiger partial charge < -0.3 is 33.9 Å². The Morgan fingerprint density at radius 3 is 2.39 bits per heavy atom. The van der Waals surface area contributed by atoms with Gasteiger partial charge in [-0.05, 0) is 107 Å². The van der Waals surface area contributed by atoms with Gasteiger partial charge in [0.15, 0.2) is 6.61 Å². The number of nitrogens with zero attached hydrogens (tertiary/aromatic N) is 6. The second-order valence-electron chi connectivity index (χ2n) is 19.3. The molecule has 0 spiro atoms. The summed E-state index contributed by atoms with van der Waals surface area (Å²) in [5.74, 6) is 0.185. The Labute approximate surface area is 406 Å². The third-order valence-electron chi connectivity index (χ3n) is 13.6. The van der Waals surface area contributed by atoms with Crippen molar-refractivity contribution in [2.24, 2.45) is 7.05 Å². The maximum atomic E-state index is 14.6. The molecule has 3 amide bonds. The molecule has 69 heavy (non-hydrogen) atoms. The summed E-state index contributed by atoms with van der Waals surface area (Å²) in [4.78, 5) is 59.3. The molecule has 6 aromatic rings. The van der Waals surface area contributed by atoms with E-state index in [1.807, 2.05) is 81.6 Å². The number of ether oxygens (including phenoxy) is 3. The number of halogens is 2. The van der Waals surface area contributed by atoms with E-state index in [0.717, 1.165) is 55.3 Å². The van der Waals surface area contributed by atoms with Crippen LogP contribution in [0.4, 0.5) is 4.39 Å². The Hall–Kier alpha value is -6.45. The first-order valence-electron chi connectivity index (χ1n) is 23.8. The van der Waals surface area contributed by atoms with Crippen LogP contribution in [-0.4, -0.2) is 117 Å². The standard InChI is InChI=1S/C53H59ClFN7O7/c1-32-47(33(2)58(6)57-32)48-42(54)19-18-39-38(12-9-27-67-43-13-7-10-34-28-35(55)15-17-37(34)43)50(52(66)69-53(3,4)5)61(49(39)48)26-23-59-21-24-60(25-22-59)46(64)31-68-44-14-8-11-40-41(44)30-62(51(40)65)36-16-20-45(63)56-29-36/h7-8,10-11,13-15,17-19,28,36H,9,12,16,20-27,29-31H2,1-6H3,(H,56,63). The second kappa shape index (κ2) is 19.5. The Bertz CT molecular complexity index is 2980. The monoisotopic (exact) mass is 959 g/mol. The SMILES string of the molecule is Cc1nn(C)c(C)c1-c1c(Cl)ccc2c(CCCOc3cccc4cc(F)ccc34)c(C(=O)OC(C)(C)C)n(CCN3CCN(C(=O)COc4cccc5c4CN(C4CCC(=O)NC4)C5=O)CC3)c12. The summed E-state index contributed by atoms with van der Waals surface area (Å²) in [5, 5.41) is 10.6. The van der Waals surface area contributed by atoms with E-state index in [2.05, 4.69) is 14.8 Å². The molecule has 3 aliphatic rings. The van der Waals surface area contributed by atoms with Gasteiger partial charge >= 0.3 is 5.97 Å². The average molecular weight is 961 g/mol. The minimum Gasteiger partial charge on any atom is -0.493 e. The Morgan fingerprint density at radius 1 is 0.913 bits per heavy atom. The van der Waals surface area contributed by atoms with Gasteiger partial charge in [0, 0.05) is 98.0 Å². The maximum absolute atomic E-state index is 14.6. The van der Waals surface area contributed by atoms with Crippen molar-refractivity contribution < 1.29 is 37.8 Å². The highest BCUT2D eigenvalue weighted by Crippen LogP contribution is 2.43. The number of rotatable bonds is 14. The number of nitrogens with one attached hydrogen (secondary N) is 1. The van der Waals surface area contributed by atoms with Crippen molar-refractivity contribution in [3.8, 4) is 22.6 Å². The van der Waals surface area contributed by atoms with Gasteiger partial charge in [-0.25, -0.2) is 9.18 Å². The predicted molar refractivity (Wildman–Crippen MR) is 262 cm³/mol. The zero-order chi connectivity index (χ0) is 48.7. The van der Waals surface area contributed by atoms with Crippen LogP contribution in [0.25, 0.3) is 32.8 Å². The molecule has 5 heterocycles. The number of carbonyl (C=O) groups is 4. The molecule has 4 aromatic carbocycles. The molecular weight excluding hydrogens is 901 g/mol. The first-order chi connectivity index (χ1) is 33.1. The number of carbonyl (C=O) groups excluding carboxylic acids is 4. The van der Waals surface area contributed by atoms with Crippen molar-refractivity contribution in [1.82, 2.24) is 34.4 Å². The lowest BCUT2D eigenvalue weighted by molar-refractivity contribution is -0.135. The van der Waals surface area contributed by atoms with Crippen molar-refractivity contribution in [2.45, 2.75) is 85.0 Å². The number of hydrogen-bond donors (Lipinski definition) is 1. The van der Waals surface area contributed by atoms with E-state index < -0.39 is 11.6 Å². The van der Waals surface area contributed by atoms with Crippen LogP contribution in [-0.2, 0) is 40.9 Å². The van der Waals surface area contributed by atoms with Gasteiger partial charge in [-0.15, -0.1) is 0 Å². The van der Waals surface area contributed by atoms with E-state index in [1.165, 1.54) is 12.1 Å². The van der Waals surface area contributed by atoms with Gasteiger partial charge in [0.25, 0.3) is 11.8 Å². The minimum absolute atomic E-state index is 0.00501. The first-order valence-corrected chi connectivity index (χ1v) is 24.1. The van der Waals surface area contributed by atoms with E-state index in [4.69, 9.17) is 30.9 Å². The summed E-state index contributed by atoms with van der Waals surface area (Å²) in [5.41, 5.74) is 6.11. The van der Waals surface area contributed by atoms with Crippen molar-refractivity contribution in [1.29, 1.82) is 0 Å². The summed E-state index contributed by atoms with van der Waals surface area (Å²) in [7, 11) is 1.91. The molecule has 0 bridgehead atoms. The molecule has 0 aliphatic carbocycles. The quantitative estimate of drug-likeness (QED) is 0.0849. The van der Waals surface area contributed by atoms with E-state index in [1.54, 1.807) is 29.2 Å². The molecule has 9 rings (SSSR count). The fourth-order valence-electron chi connectivity index (χ4n) is 10.1. The molecule has 1 unspecified atom stereocenters. The van der Waals surface area contributed by atoms with Crippen molar-refractivity contribution >= 4 is 57.0 Å². The van der Waals surface area contributed by atoms with Gasteiger partial charge in [-0.1, -0.05) is 35.9 Å². The second-order valence-corrected chi connectivity index (χ2v) is 19.7. The minimum atomic E-state index is -0.774. The fourth-order valence-corrected chi connectivity index (χ4v) is 10.4. The van der Waals surface area contributed by atoms with Crippen molar-refractivity contribution in [3.63, 3.8) is 0 Å². The third kappa shape index (κ3) is 9.76. The third-order valence-corrected chi connectivity index (χ3v) is 13.9. The zero-order valence-corrected chi connectivity index (χ0v) is 40.9. The maximum Gasteiger partial charge on any atom is 0.355 e. The number of amides is 3. The van der Waals surface area contributed by atoms with E-state index in [0.29, 0.717) is 112 Å². The number of fused-ring (bicyclic) bond motifs is 3. The van der Waals surface area contributed by atoms with Crippen LogP contribution in [0.2, 0.25) is 5.02 Å². The van der Waals surface area contributed by atoms with Gasteiger partial charge in [0.1, 0.15) is 28.6 Å². The highest BCUT2D eigenvalue weighted by atomic mass is 35.5. The van der Waals surface area contributed by atoms with Crippen LogP contribution >= 0.6 is 11.6 Å². The Kier molecular flexibility index (Phi) is 13.5. The molecule has 1 N–H and O–H groups in total. The van der Waals surface area contributed by atoms with Crippen LogP contribution in [0.5, 0.6) is 11.5 Å². The summed E-state index contributed by atoms with van der Waals surface area (Å²) < 4.78 is 36.6. The number of esters is 1. The molecular formula is C53H59ClFN7O7. The fraction of sp³-hybridized carbons (Fsp3) is 0.415. The molecule has 2 aromatic heterocycles. The molecule has 14 nitrogen and oxygen atoms in total. The van der Waals surface area contributed by atoms with E-state index in [9.17, 15) is 23.6 Å². The smallest absolute Gasteiger partial charge is 0.355 e. The lowest BCUT2D eigenvalue weighted by atomic mass is 9.98. The largest absolute Gasteiger partial charge is 0.493 e. The molecule has 362 valence electrons. The Balaban J connectivity index is 0.937. The summed E-state index contributed by atoms with van der Waals surface area (Å²) in [6, 6.07) is 19.4. The van der Waals surface area contributed by atoms with E-state index in [-0.39, 0.29) is 36.2 Å². The van der Waals surface area contributed by atoms with Crippen LogP contribution < -0.4 is 14.8 Å². The topological polar surface area (TPSA) is 140 Å². The summed E-state index contributed by atoms with van der Waals surface area (Å²) >= 11 is 7.20. The van der Waals surface area contributed by atoms with E-state index >= 15 is 0 Å². The van der Waals surface area contributed by atoms with Crippen molar-refractivity contribution in [3.05, 3.63) is 111 Å². The zero-order valence-electron chi connectivity index (χ0n) is 40.1. The lowest BCUT2D eigenvalue weighted by Gasteiger charge is -2.35. The Morgan fingerprint density at radius 2 is 1.67 bits per heavy atom. The van der Waals surface area contributed by atoms with Gasteiger partial charge in [-0.3, -0.25) is 24.0 Å².